The van der Waals surface area contributed by atoms with E-state index in [0.717, 1.165) is 20.3 Å². The molecule has 104 valence electrons. The van der Waals surface area contributed by atoms with Crippen LogP contribution in [-0.2, 0) is 14.4 Å². The zero-order valence-electron chi connectivity index (χ0n) is 11.6. The van der Waals surface area contributed by atoms with Crippen LogP contribution in [0.1, 0.15) is 47.5 Å². The standard InChI is InChI=1S/C9H14O.2C2H4O2/c1-7-4-8(10)6-9(2,3)5-7;2*1-2(3)4/h4H,5-6H2,1-3H3;2*1H3,(H,3,4). The van der Waals surface area contributed by atoms with Crippen molar-refractivity contribution in [2.75, 3.05) is 0 Å². The number of carbonyl (C=O) groups excluding carboxylic acids is 1. The molecular weight excluding hydrogens is 236 g/mol. The van der Waals surface area contributed by atoms with Crippen molar-refractivity contribution >= 4 is 17.7 Å². The molecule has 0 aliphatic heterocycles. The zero-order valence-corrected chi connectivity index (χ0v) is 11.6. The Morgan fingerprint density at radius 1 is 1.11 bits per heavy atom. The van der Waals surface area contributed by atoms with Gasteiger partial charge < -0.3 is 10.2 Å². The summed E-state index contributed by atoms with van der Waals surface area (Å²) in [4.78, 5) is 29.0. The first-order chi connectivity index (χ1) is 7.96. The fourth-order valence-corrected chi connectivity index (χ4v) is 1.67. The van der Waals surface area contributed by atoms with Gasteiger partial charge in [0.05, 0.1) is 0 Å². The van der Waals surface area contributed by atoms with E-state index in [-0.39, 0.29) is 11.2 Å². The third-order valence-corrected chi connectivity index (χ3v) is 1.82. The first-order valence-corrected chi connectivity index (χ1v) is 5.55. The molecule has 5 heteroatoms. The monoisotopic (exact) mass is 258 g/mol. The minimum absolute atomic E-state index is 0.204. The molecule has 0 aromatic carbocycles. The van der Waals surface area contributed by atoms with E-state index in [1.807, 2.05) is 6.92 Å². The number of aliphatic carboxylic acids is 2. The normalized spacial score (nSPS) is 16.3. The number of rotatable bonds is 0. The lowest BCUT2D eigenvalue weighted by Gasteiger charge is -2.27. The predicted octanol–water partition coefficient (Wildman–Crippen LogP) is 2.50. The van der Waals surface area contributed by atoms with Crippen LogP contribution in [0.5, 0.6) is 0 Å². The van der Waals surface area contributed by atoms with Crippen LogP contribution in [0.2, 0.25) is 0 Å². The zero-order chi connectivity index (χ0) is 14.9. The van der Waals surface area contributed by atoms with Crippen LogP contribution in [0.25, 0.3) is 0 Å². The van der Waals surface area contributed by atoms with Crippen molar-refractivity contribution < 1.29 is 24.6 Å². The van der Waals surface area contributed by atoms with Gasteiger partial charge >= 0.3 is 0 Å². The molecule has 5 nitrogen and oxygen atoms in total. The highest BCUT2D eigenvalue weighted by Gasteiger charge is 2.25. The van der Waals surface area contributed by atoms with Crippen molar-refractivity contribution in [2.24, 2.45) is 5.41 Å². The Labute approximate surface area is 108 Å². The second kappa shape index (κ2) is 8.44. The molecule has 0 heterocycles. The quantitative estimate of drug-likeness (QED) is 0.696. The largest absolute Gasteiger partial charge is 0.481 e. The van der Waals surface area contributed by atoms with E-state index in [1.165, 1.54) is 5.57 Å². The number of allylic oxidation sites excluding steroid dienone is 2. The van der Waals surface area contributed by atoms with E-state index in [1.54, 1.807) is 6.08 Å². The lowest BCUT2D eigenvalue weighted by atomic mass is 9.77. The average molecular weight is 258 g/mol. The highest BCUT2D eigenvalue weighted by Crippen LogP contribution is 2.32. The predicted molar refractivity (Wildman–Crippen MR) is 68.4 cm³/mol. The van der Waals surface area contributed by atoms with Gasteiger partial charge in [0.25, 0.3) is 11.9 Å². The highest BCUT2D eigenvalue weighted by molar-refractivity contribution is 5.91. The summed E-state index contributed by atoms with van der Waals surface area (Å²) in [6.45, 7) is 8.47. The summed E-state index contributed by atoms with van der Waals surface area (Å²) in [5.74, 6) is -1.38. The smallest absolute Gasteiger partial charge is 0.300 e. The van der Waals surface area contributed by atoms with E-state index < -0.39 is 11.9 Å². The molecule has 0 unspecified atom stereocenters. The van der Waals surface area contributed by atoms with Crippen LogP contribution in [0.3, 0.4) is 0 Å². The molecule has 0 bridgehead atoms. The first kappa shape index (κ1) is 18.7. The molecule has 0 aromatic heterocycles. The summed E-state index contributed by atoms with van der Waals surface area (Å²) in [6.07, 6.45) is 3.55. The number of hydrogen-bond donors (Lipinski definition) is 2. The Kier molecular flexibility index (Phi) is 8.77. The van der Waals surface area contributed by atoms with Gasteiger partial charge in [-0.15, -0.1) is 0 Å². The molecule has 2 N–H and O–H groups in total. The number of carbonyl (C=O) groups is 3. The van der Waals surface area contributed by atoms with E-state index in [0.29, 0.717) is 6.42 Å². The summed E-state index contributed by atoms with van der Waals surface area (Å²) in [6, 6.07) is 0. The maximum atomic E-state index is 11.0. The molecule has 1 aliphatic carbocycles. The van der Waals surface area contributed by atoms with Crippen LogP contribution >= 0.6 is 0 Å². The van der Waals surface area contributed by atoms with Gasteiger partial charge in [-0.3, -0.25) is 14.4 Å². The van der Waals surface area contributed by atoms with Crippen LogP contribution < -0.4 is 0 Å². The van der Waals surface area contributed by atoms with Gasteiger partial charge in [0.2, 0.25) is 0 Å². The maximum Gasteiger partial charge on any atom is 0.300 e. The summed E-state index contributed by atoms with van der Waals surface area (Å²) in [5, 5.41) is 14.8. The fraction of sp³-hybridized carbons (Fsp3) is 0.615. The van der Waals surface area contributed by atoms with E-state index in [2.05, 4.69) is 13.8 Å². The van der Waals surface area contributed by atoms with Gasteiger partial charge in [-0.1, -0.05) is 19.4 Å². The lowest BCUT2D eigenvalue weighted by Crippen LogP contribution is -2.20. The van der Waals surface area contributed by atoms with E-state index in [9.17, 15) is 4.79 Å². The van der Waals surface area contributed by atoms with Crippen molar-refractivity contribution in [3.8, 4) is 0 Å². The number of hydrogen-bond acceptors (Lipinski definition) is 3. The average Bonchev–Trinajstić information content (AvgIpc) is 1.94. The van der Waals surface area contributed by atoms with E-state index >= 15 is 0 Å². The SMILES string of the molecule is CC(=O)O.CC(=O)O.CC1=CC(=O)CC(C)(C)C1. The molecule has 0 spiro atoms. The Morgan fingerprint density at radius 2 is 1.44 bits per heavy atom. The van der Waals surface area contributed by atoms with Crippen LogP contribution in [0.15, 0.2) is 11.6 Å². The third kappa shape index (κ3) is 16.8. The van der Waals surface area contributed by atoms with Crippen molar-refractivity contribution in [2.45, 2.75) is 47.5 Å². The first-order valence-electron chi connectivity index (χ1n) is 5.55. The van der Waals surface area contributed by atoms with Crippen LogP contribution in [-0.4, -0.2) is 27.9 Å². The third-order valence-electron chi connectivity index (χ3n) is 1.82. The molecule has 1 aliphatic rings. The summed E-state index contributed by atoms with van der Waals surface area (Å²) in [7, 11) is 0. The Bertz CT molecular complexity index is 319. The van der Waals surface area contributed by atoms with Gasteiger partial charge in [-0.25, -0.2) is 0 Å². The van der Waals surface area contributed by atoms with Gasteiger partial charge in [0.15, 0.2) is 5.78 Å². The van der Waals surface area contributed by atoms with Gasteiger partial charge in [-0.05, 0) is 24.8 Å². The van der Waals surface area contributed by atoms with Crippen molar-refractivity contribution in [3.05, 3.63) is 11.6 Å². The Morgan fingerprint density at radius 3 is 1.67 bits per heavy atom. The second-order valence-corrected chi connectivity index (χ2v) is 5.01. The molecule has 18 heavy (non-hydrogen) atoms. The molecule has 0 saturated heterocycles. The maximum absolute atomic E-state index is 11.0. The van der Waals surface area contributed by atoms with Crippen LogP contribution in [0, 0.1) is 5.41 Å². The Balaban J connectivity index is 0. The second-order valence-electron chi connectivity index (χ2n) is 5.01. The molecule has 1 rings (SSSR count). The van der Waals surface area contributed by atoms with Gasteiger partial charge in [0.1, 0.15) is 0 Å². The number of carboxylic acids is 2. The van der Waals surface area contributed by atoms with Crippen LogP contribution in [0.4, 0.5) is 0 Å². The molecule has 0 aromatic rings. The molecule has 0 fully saturated rings. The molecule has 0 amide bonds. The summed E-state index contributed by atoms with van der Waals surface area (Å²) < 4.78 is 0. The minimum atomic E-state index is -0.833. The molecule has 0 radical (unpaired) electrons. The van der Waals surface area contributed by atoms with Crippen molar-refractivity contribution in [3.63, 3.8) is 0 Å². The molecular formula is C13H22O5. The number of carboxylic acid groups (broad SMARTS) is 2. The van der Waals surface area contributed by atoms with E-state index in [4.69, 9.17) is 19.8 Å². The molecule has 0 saturated carbocycles. The van der Waals surface area contributed by atoms with Crippen molar-refractivity contribution in [1.82, 2.24) is 0 Å². The van der Waals surface area contributed by atoms with Crippen molar-refractivity contribution in [1.29, 1.82) is 0 Å². The van der Waals surface area contributed by atoms with Gasteiger partial charge in [0, 0.05) is 20.3 Å². The fourth-order valence-electron chi connectivity index (χ4n) is 1.67. The lowest BCUT2D eigenvalue weighted by molar-refractivity contribution is -0.135. The molecule has 0 atom stereocenters. The topological polar surface area (TPSA) is 91.7 Å². The summed E-state index contributed by atoms with van der Waals surface area (Å²) >= 11 is 0. The highest BCUT2D eigenvalue weighted by atomic mass is 16.4. The summed E-state index contributed by atoms with van der Waals surface area (Å²) in [5.41, 5.74) is 1.43. The minimum Gasteiger partial charge on any atom is -0.481 e. The Hall–Kier alpha value is -1.65. The number of ketones is 1. The van der Waals surface area contributed by atoms with Gasteiger partial charge in [-0.2, -0.15) is 0 Å².